The summed E-state index contributed by atoms with van der Waals surface area (Å²) in [5.41, 5.74) is 6.49. The monoisotopic (exact) mass is 503 g/mol. The molecule has 1 atom stereocenters. The summed E-state index contributed by atoms with van der Waals surface area (Å²) in [7, 11) is 2.17. The van der Waals surface area contributed by atoms with Crippen molar-refractivity contribution in [1.82, 2.24) is 0 Å². The van der Waals surface area contributed by atoms with Crippen molar-refractivity contribution in [1.29, 1.82) is 0 Å². The smallest absolute Gasteiger partial charge is 0.209 e. The van der Waals surface area contributed by atoms with Crippen LogP contribution in [0.5, 0.6) is 0 Å². The minimum atomic E-state index is 0.0119. The normalized spacial score (nSPS) is 18.8. The molecule has 28 heavy (non-hydrogen) atoms. The Balaban J connectivity index is 1.97. The van der Waals surface area contributed by atoms with Gasteiger partial charge >= 0.3 is 0 Å². The standard InChI is InChI=1S/C24H29Br2N2/c1-6-24(4)20-15-18(25)11-13-22(20)27(5)23(24)14-10-17-9-12-19(16-21(17)26)28(7-2)8-3/h9-16H,6-8H2,1-5H3/q+1. The van der Waals surface area contributed by atoms with Gasteiger partial charge in [0.05, 0.1) is 5.41 Å². The molecule has 0 saturated heterocycles. The first-order valence-electron chi connectivity index (χ1n) is 9.99. The van der Waals surface area contributed by atoms with Crippen molar-refractivity contribution in [3.05, 3.63) is 62.5 Å². The Bertz CT molecular complexity index is 942. The number of rotatable bonds is 6. The van der Waals surface area contributed by atoms with Gasteiger partial charge in [0.15, 0.2) is 5.71 Å². The van der Waals surface area contributed by atoms with Crippen molar-refractivity contribution >= 4 is 55.0 Å². The number of halogens is 2. The molecule has 0 N–H and O–H groups in total. The predicted octanol–water partition coefficient (Wildman–Crippen LogP) is 7.17. The zero-order valence-electron chi connectivity index (χ0n) is 17.4. The van der Waals surface area contributed by atoms with Crippen molar-refractivity contribution in [3.63, 3.8) is 0 Å². The zero-order valence-corrected chi connectivity index (χ0v) is 20.6. The Kier molecular flexibility index (Phi) is 6.51. The maximum atomic E-state index is 3.77. The largest absolute Gasteiger partial charge is 0.372 e. The van der Waals surface area contributed by atoms with E-state index in [1.807, 2.05) is 0 Å². The van der Waals surface area contributed by atoms with E-state index < -0.39 is 0 Å². The molecule has 1 aliphatic rings. The second-order valence-electron chi connectivity index (χ2n) is 7.50. The summed E-state index contributed by atoms with van der Waals surface area (Å²) < 4.78 is 4.60. The van der Waals surface area contributed by atoms with Gasteiger partial charge in [-0.05, 0) is 63.1 Å². The molecule has 0 spiro atoms. The van der Waals surface area contributed by atoms with E-state index in [4.69, 9.17) is 0 Å². The number of nitrogens with zero attached hydrogens (tertiary/aromatic N) is 2. The molecule has 4 heteroatoms. The maximum Gasteiger partial charge on any atom is 0.209 e. The predicted molar refractivity (Wildman–Crippen MR) is 129 cm³/mol. The number of allylic oxidation sites excluding steroid dienone is 1. The minimum absolute atomic E-state index is 0.0119. The molecule has 3 rings (SSSR count). The minimum Gasteiger partial charge on any atom is -0.372 e. The van der Waals surface area contributed by atoms with Crippen molar-refractivity contribution < 1.29 is 4.58 Å². The van der Waals surface area contributed by atoms with E-state index >= 15 is 0 Å². The second-order valence-corrected chi connectivity index (χ2v) is 9.27. The molecule has 1 aliphatic heterocycles. The van der Waals surface area contributed by atoms with Gasteiger partial charge in [0.2, 0.25) is 5.69 Å². The fourth-order valence-electron chi connectivity index (χ4n) is 4.15. The van der Waals surface area contributed by atoms with Crippen LogP contribution in [0.1, 0.15) is 45.2 Å². The van der Waals surface area contributed by atoms with E-state index in [1.54, 1.807) is 0 Å². The lowest BCUT2D eigenvalue weighted by molar-refractivity contribution is -0.401. The summed E-state index contributed by atoms with van der Waals surface area (Å²) in [5.74, 6) is 0. The molecule has 0 fully saturated rings. The molecule has 1 unspecified atom stereocenters. The van der Waals surface area contributed by atoms with Gasteiger partial charge in [-0.1, -0.05) is 44.8 Å². The lowest BCUT2D eigenvalue weighted by Gasteiger charge is -2.21. The third kappa shape index (κ3) is 3.73. The van der Waals surface area contributed by atoms with Crippen LogP contribution < -0.4 is 4.90 Å². The summed E-state index contributed by atoms with van der Waals surface area (Å²) in [6, 6.07) is 13.2. The number of fused-ring (bicyclic) bond motifs is 1. The van der Waals surface area contributed by atoms with E-state index in [0.29, 0.717) is 0 Å². The second kappa shape index (κ2) is 8.54. The van der Waals surface area contributed by atoms with Gasteiger partial charge in [-0.15, -0.1) is 0 Å². The number of hydrogen-bond donors (Lipinski definition) is 0. The summed E-state index contributed by atoms with van der Waals surface area (Å²) >= 11 is 7.42. The summed E-state index contributed by atoms with van der Waals surface area (Å²) in [4.78, 5) is 2.36. The van der Waals surface area contributed by atoms with E-state index in [9.17, 15) is 0 Å². The van der Waals surface area contributed by atoms with Crippen LogP contribution in [-0.4, -0.2) is 30.4 Å². The molecule has 2 aromatic rings. The Morgan fingerprint density at radius 2 is 1.71 bits per heavy atom. The highest BCUT2D eigenvalue weighted by molar-refractivity contribution is 9.10. The van der Waals surface area contributed by atoms with Crippen LogP contribution in [0.3, 0.4) is 0 Å². The molecule has 0 aliphatic carbocycles. The quantitative estimate of drug-likeness (QED) is 0.378. The number of hydrogen-bond acceptors (Lipinski definition) is 1. The van der Waals surface area contributed by atoms with Gasteiger partial charge in [-0.25, -0.2) is 0 Å². The van der Waals surface area contributed by atoms with Crippen LogP contribution >= 0.6 is 31.9 Å². The lowest BCUT2D eigenvalue weighted by Crippen LogP contribution is -2.29. The Labute approximate surface area is 186 Å². The maximum absolute atomic E-state index is 3.77. The number of benzene rings is 2. The average molecular weight is 505 g/mol. The van der Waals surface area contributed by atoms with Crippen molar-refractivity contribution in [2.24, 2.45) is 0 Å². The van der Waals surface area contributed by atoms with E-state index in [1.165, 1.54) is 28.2 Å². The van der Waals surface area contributed by atoms with Crippen LogP contribution in [0.2, 0.25) is 0 Å². The Morgan fingerprint density at radius 1 is 1.00 bits per heavy atom. The van der Waals surface area contributed by atoms with Crippen molar-refractivity contribution in [2.75, 3.05) is 25.0 Å². The highest BCUT2D eigenvalue weighted by Crippen LogP contribution is 2.43. The molecule has 0 amide bonds. The first kappa shape index (κ1) is 21.3. The zero-order chi connectivity index (χ0) is 20.5. The van der Waals surface area contributed by atoms with E-state index in [0.717, 1.165) is 28.5 Å². The topological polar surface area (TPSA) is 6.25 Å². The molecule has 2 nitrogen and oxygen atoms in total. The molecule has 1 heterocycles. The Morgan fingerprint density at radius 3 is 2.32 bits per heavy atom. The van der Waals surface area contributed by atoms with Crippen molar-refractivity contribution in [2.45, 2.75) is 39.5 Å². The summed E-state index contributed by atoms with van der Waals surface area (Å²) in [6.45, 7) is 11.0. The molecule has 2 aromatic carbocycles. The van der Waals surface area contributed by atoms with Crippen LogP contribution in [0.4, 0.5) is 11.4 Å². The Hall–Kier alpha value is -1.39. The van der Waals surface area contributed by atoms with Gasteiger partial charge in [0, 0.05) is 45.4 Å². The third-order valence-electron chi connectivity index (χ3n) is 6.08. The van der Waals surface area contributed by atoms with Crippen LogP contribution in [0, 0.1) is 0 Å². The average Bonchev–Trinajstić information content (AvgIpc) is 2.89. The molecular weight excluding hydrogens is 476 g/mol. The van der Waals surface area contributed by atoms with Crippen LogP contribution in [-0.2, 0) is 5.41 Å². The molecule has 0 bridgehead atoms. The van der Waals surface area contributed by atoms with Gasteiger partial charge in [-0.3, -0.25) is 0 Å². The summed E-state index contributed by atoms with van der Waals surface area (Å²) in [6.07, 6.45) is 5.58. The third-order valence-corrected chi connectivity index (χ3v) is 7.26. The molecule has 0 radical (unpaired) electrons. The van der Waals surface area contributed by atoms with Gasteiger partial charge in [-0.2, -0.15) is 4.58 Å². The van der Waals surface area contributed by atoms with Crippen molar-refractivity contribution in [3.8, 4) is 0 Å². The molecular formula is C24H29Br2N2+. The fraction of sp³-hybridized carbons (Fsp3) is 0.375. The van der Waals surface area contributed by atoms with E-state index in [2.05, 4.69) is 125 Å². The summed E-state index contributed by atoms with van der Waals surface area (Å²) in [5, 5.41) is 0. The van der Waals surface area contributed by atoms with Crippen LogP contribution in [0.25, 0.3) is 6.08 Å². The fourth-order valence-corrected chi connectivity index (χ4v) is 5.01. The molecule has 148 valence electrons. The lowest BCUT2D eigenvalue weighted by atomic mass is 9.77. The SMILES string of the molecule is CCN(CC)c1ccc(/C=C/C2=[N+](C)c3ccc(Br)cc3C2(C)CC)c(Br)c1. The molecule has 0 aromatic heterocycles. The van der Waals surface area contributed by atoms with Crippen LogP contribution in [0.15, 0.2) is 51.4 Å². The first-order valence-corrected chi connectivity index (χ1v) is 11.6. The molecule has 0 saturated carbocycles. The van der Waals surface area contributed by atoms with Gasteiger partial charge < -0.3 is 4.90 Å². The first-order chi connectivity index (χ1) is 13.3. The highest BCUT2D eigenvalue weighted by atomic mass is 79.9. The van der Waals surface area contributed by atoms with Gasteiger partial charge in [0.25, 0.3) is 0 Å². The van der Waals surface area contributed by atoms with E-state index in [-0.39, 0.29) is 5.41 Å². The highest BCUT2D eigenvalue weighted by Gasteiger charge is 2.45. The van der Waals surface area contributed by atoms with Gasteiger partial charge in [0.1, 0.15) is 7.05 Å². The number of anilines is 1.